The Bertz CT molecular complexity index is 229. The third kappa shape index (κ3) is 1.11. The minimum absolute atomic E-state index is 0.680. The third-order valence-corrected chi connectivity index (χ3v) is 2.47. The molecule has 0 saturated heterocycles. The highest BCUT2D eigenvalue weighted by atomic mass is 16.7. The first-order valence-electron chi connectivity index (χ1n) is 3.87. The predicted molar refractivity (Wildman–Crippen MR) is 38.1 cm³/mol. The molecule has 1 saturated carbocycles. The number of carbonyl (C=O) groups is 1. The number of hydrogen-bond acceptors (Lipinski definition) is 2. The lowest BCUT2D eigenvalue weighted by Crippen LogP contribution is -2.03. The van der Waals surface area contributed by atoms with Gasteiger partial charge in [-0.15, -0.1) is 0 Å². The molecule has 0 radical (unpaired) electrons. The molecule has 2 aliphatic rings. The summed E-state index contributed by atoms with van der Waals surface area (Å²) >= 11 is 0. The molecule has 0 aromatic rings. The monoisotopic (exact) mass is 154 g/mol. The van der Waals surface area contributed by atoms with E-state index in [0.717, 1.165) is 25.0 Å². The fraction of sp³-hybridized carbons (Fsp3) is 0.625. The lowest BCUT2D eigenvalue weighted by atomic mass is 10.1. The maximum Gasteiger partial charge on any atom is 0.511 e. The van der Waals surface area contributed by atoms with Crippen LogP contribution < -0.4 is 0 Å². The van der Waals surface area contributed by atoms with Crippen molar-refractivity contribution >= 4 is 6.16 Å². The second-order valence-corrected chi connectivity index (χ2v) is 3.21. The Morgan fingerprint density at radius 1 is 1.55 bits per heavy atom. The topological polar surface area (TPSA) is 46.5 Å². The van der Waals surface area contributed by atoms with Crippen LogP contribution in [0.4, 0.5) is 4.79 Å². The molecule has 0 heterocycles. The summed E-state index contributed by atoms with van der Waals surface area (Å²) in [6, 6.07) is 0. The van der Waals surface area contributed by atoms with Crippen molar-refractivity contribution in [2.45, 2.75) is 25.7 Å². The van der Waals surface area contributed by atoms with Crippen molar-refractivity contribution < 1.29 is 14.6 Å². The highest BCUT2D eigenvalue weighted by molar-refractivity contribution is 5.59. The molecule has 0 aromatic heterocycles. The molecular formula is C8H10O3. The molecule has 3 nitrogen and oxygen atoms in total. The van der Waals surface area contributed by atoms with Gasteiger partial charge in [-0.3, -0.25) is 0 Å². The lowest BCUT2D eigenvalue weighted by Gasteiger charge is -2.09. The molecule has 0 aliphatic heterocycles. The molecule has 2 rings (SSSR count). The zero-order chi connectivity index (χ0) is 7.84. The van der Waals surface area contributed by atoms with E-state index in [9.17, 15) is 4.79 Å². The summed E-state index contributed by atoms with van der Waals surface area (Å²) in [7, 11) is 0. The Morgan fingerprint density at radius 2 is 2.36 bits per heavy atom. The zero-order valence-corrected chi connectivity index (χ0v) is 6.17. The van der Waals surface area contributed by atoms with E-state index in [1.54, 1.807) is 0 Å². The molecule has 1 fully saturated rings. The molecule has 0 aromatic carbocycles. The number of carboxylic acid groups (broad SMARTS) is 1. The van der Waals surface area contributed by atoms with Gasteiger partial charge in [0.25, 0.3) is 0 Å². The second kappa shape index (κ2) is 2.26. The van der Waals surface area contributed by atoms with E-state index in [4.69, 9.17) is 5.11 Å². The smallest absolute Gasteiger partial charge is 0.449 e. The van der Waals surface area contributed by atoms with Crippen LogP contribution in [0.2, 0.25) is 0 Å². The minimum atomic E-state index is -1.17. The maximum atomic E-state index is 10.2. The van der Waals surface area contributed by atoms with E-state index < -0.39 is 6.16 Å². The first-order chi connectivity index (χ1) is 5.25. The molecule has 60 valence electrons. The standard InChI is InChI=1S/C8H10O3/c9-8(10)11-7-4-5-1-2-6(7)3-5/h5H,1-4H2,(H,9,10). The van der Waals surface area contributed by atoms with Crippen molar-refractivity contribution in [2.75, 3.05) is 0 Å². The summed E-state index contributed by atoms with van der Waals surface area (Å²) < 4.78 is 4.64. The zero-order valence-electron chi connectivity index (χ0n) is 6.17. The van der Waals surface area contributed by atoms with Crippen LogP contribution in [0.3, 0.4) is 0 Å². The highest BCUT2D eigenvalue weighted by Gasteiger charge is 2.32. The Balaban J connectivity index is 2.09. The van der Waals surface area contributed by atoms with Crippen LogP contribution in [0, 0.1) is 5.92 Å². The molecule has 1 N–H and O–H groups in total. The Morgan fingerprint density at radius 3 is 2.82 bits per heavy atom. The van der Waals surface area contributed by atoms with E-state index in [2.05, 4.69) is 4.74 Å². The van der Waals surface area contributed by atoms with Crippen LogP contribution in [0.15, 0.2) is 11.3 Å². The lowest BCUT2D eigenvalue weighted by molar-refractivity contribution is 0.114. The SMILES string of the molecule is O=C(O)OC1=C2CCC(C2)C1. The average Bonchev–Trinajstić information content (AvgIpc) is 2.45. The van der Waals surface area contributed by atoms with E-state index in [1.807, 2.05) is 0 Å². The normalized spacial score (nSPS) is 27.8. The quantitative estimate of drug-likeness (QED) is 0.588. The van der Waals surface area contributed by atoms with E-state index in [1.165, 1.54) is 12.0 Å². The van der Waals surface area contributed by atoms with E-state index >= 15 is 0 Å². The van der Waals surface area contributed by atoms with Gasteiger partial charge in [0, 0.05) is 6.42 Å². The summed E-state index contributed by atoms with van der Waals surface area (Å²) in [5.41, 5.74) is 1.23. The summed E-state index contributed by atoms with van der Waals surface area (Å²) in [6.07, 6.45) is 3.03. The van der Waals surface area contributed by atoms with Gasteiger partial charge in [-0.25, -0.2) is 4.79 Å². The number of ether oxygens (including phenoxy) is 1. The van der Waals surface area contributed by atoms with Crippen LogP contribution in [0.1, 0.15) is 25.7 Å². The van der Waals surface area contributed by atoms with E-state index in [-0.39, 0.29) is 0 Å². The number of fused-ring (bicyclic) bond motifs is 2. The Kier molecular flexibility index (Phi) is 1.37. The molecule has 2 bridgehead atoms. The average molecular weight is 154 g/mol. The number of hydrogen-bond donors (Lipinski definition) is 1. The first kappa shape index (κ1) is 6.70. The van der Waals surface area contributed by atoms with Crippen molar-refractivity contribution in [3.8, 4) is 0 Å². The first-order valence-corrected chi connectivity index (χ1v) is 3.87. The van der Waals surface area contributed by atoms with Crippen LogP contribution in [0.25, 0.3) is 0 Å². The van der Waals surface area contributed by atoms with Crippen LogP contribution >= 0.6 is 0 Å². The fourth-order valence-electron chi connectivity index (χ4n) is 1.98. The summed E-state index contributed by atoms with van der Waals surface area (Å²) in [6.45, 7) is 0. The third-order valence-electron chi connectivity index (χ3n) is 2.47. The molecule has 1 unspecified atom stereocenters. The van der Waals surface area contributed by atoms with Crippen LogP contribution in [0.5, 0.6) is 0 Å². The number of allylic oxidation sites excluding steroid dienone is 2. The van der Waals surface area contributed by atoms with Gasteiger partial charge in [0.05, 0.1) is 0 Å². The maximum absolute atomic E-state index is 10.2. The molecular weight excluding hydrogens is 144 g/mol. The summed E-state index contributed by atoms with van der Waals surface area (Å²) in [5, 5.41) is 8.35. The van der Waals surface area contributed by atoms with Crippen molar-refractivity contribution in [3.05, 3.63) is 11.3 Å². The number of rotatable bonds is 1. The van der Waals surface area contributed by atoms with Gasteiger partial charge in [0.1, 0.15) is 5.76 Å². The van der Waals surface area contributed by atoms with Gasteiger partial charge in [-0.2, -0.15) is 0 Å². The summed E-state index contributed by atoms with van der Waals surface area (Å²) in [5.74, 6) is 1.41. The van der Waals surface area contributed by atoms with Crippen LogP contribution in [-0.2, 0) is 4.74 Å². The molecule has 11 heavy (non-hydrogen) atoms. The van der Waals surface area contributed by atoms with Gasteiger partial charge in [-0.05, 0) is 30.8 Å². The van der Waals surface area contributed by atoms with Gasteiger partial charge >= 0.3 is 6.16 Å². The van der Waals surface area contributed by atoms with Crippen molar-refractivity contribution in [1.29, 1.82) is 0 Å². The van der Waals surface area contributed by atoms with Crippen LogP contribution in [-0.4, -0.2) is 11.3 Å². The van der Waals surface area contributed by atoms with Crippen molar-refractivity contribution in [1.82, 2.24) is 0 Å². The molecule has 1 atom stereocenters. The Hall–Kier alpha value is -0.990. The van der Waals surface area contributed by atoms with Gasteiger partial charge < -0.3 is 9.84 Å². The van der Waals surface area contributed by atoms with Crippen molar-refractivity contribution in [3.63, 3.8) is 0 Å². The van der Waals surface area contributed by atoms with Gasteiger partial charge in [0.2, 0.25) is 0 Å². The summed E-state index contributed by atoms with van der Waals surface area (Å²) in [4.78, 5) is 10.2. The molecule has 0 amide bonds. The highest BCUT2D eigenvalue weighted by Crippen LogP contribution is 2.44. The minimum Gasteiger partial charge on any atom is -0.449 e. The van der Waals surface area contributed by atoms with Gasteiger partial charge in [0.15, 0.2) is 0 Å². The van der Waals surface area contributed by atoms with Gasteiger partial charge in [-0.1, -0.05) is 0 Å². The Labute approximate surface area is 64.7 Å². The fourth-order valence-corrected chi connectivity index (χ4v) is 1.98. The second-order valence-electron chi connectivity index (χ2n) is 3.21. The largest absolute Gasteiger partial charge is 0.511 e. The van der Waals surface area contributed by atoms with E-state index in [0.29, 0.717) is 5.92 Å². The molecule has 2 aliphatic carbocycles. The predicted octanol–water partition coefficient (Wildman–Crippen LogP) is 2.14. The molecule has 3 heteroatoms. The van der Waals surface area contributed by atoms with Crippen molar-refractivity contribution in [2.24, 2.45) is 5.92 Å². The molecule has 0 spiro atoms.